The molecule has 0 saturated heterocycles. The van der Waals surface area contributed by atoms with Crippen molar-refractivity contribution in [2.75, 3.05) is 6.54 Å². The van der Waals surface area contributed by atoms with E-state index >= 15 is 0 Å². The van der Waals surface area contributed by atoms with Crippen LogP contribution in [-0.2, 0) is 5.41 Å². The SMILES string of the molecule is CC(C)(CN)c1ccc2ccccc2c1. The van der Waals surface area contributed by atoms with Gasteiger partial charge in [-0.25, -0.2) is 0 Å². The van der Waals surface area contributed by atoms with Gasteiger partial charge in [0, 0.05) is 12.0 Å². The van der Waals surface area contributed by atoms with E-state index in [0.717, 1.165) is 0 Å². The highest BCUT2D eigenvalue weighted by Crippen LogP contribution is 2.25. The van der Waals surface area contributed by atoms with Crippen molar-refractivity contribution in [3.8, 4) is 0 Å². The average Bonchev–Trinajstić information content (AvgIpc) is 2.28. The fourth-order valence-electron chi connectivity index (χ4n) is 1.73. The highest BCUT2D eigenvalue weighted by atomic mass is 14.6. The zero-order valence-corrected chi connectivity index (χ0v) is 9.33. The molecule has 0 bridgehead atoms. The van der Waals surface area contributed by atoms with Gasteiger partial charge in [0.1, 0.15) is 0 Å². The van der Waals surface area contributed by atoms with Crippen molar-refractivity contribution in [2.45, 2.75) is 19.3 Å². The van der Waals surface area contributed by atoms with Crippen LogP contribution < -0.4 is 5.73 Å². The molecule has 0 aliphatic carbocycles. The highest BCUT2D eigenvalue weighted by Gasteiger charge is 2.18. The van der Waals surface area contributed by atoms with E-state index < -0.39 is 0 Å². The van der Waals surface area contributed by atoms with Crippen LogP contribution in [0.5, 0.6) is 0 Å². The fraction of sp³-hybridized carbons (Fsp3) is 0.286. The molecule has 0 aliphatic rings. The quantitative estimate of drug-likeness (QED) is 0.790. The van der Waals surface area contributed by atoms with E-state index in [1.165, 1.54) is 16.3 Å². The minimum Gasteiger partial charge on any atom is -0.330 e. The molecule has 0 radical (unpaired) electrons. The largest absolute Gasteiger partial charge is 0.330 e. The van der Waals surface area contributed by atoms with E-state index in [9.17, 15) is 0 Å². The molecule has 2 rings (SSSR count). The Morgan fingerprint density at radius 3 is 2.33 bits per heavy atom. The summed E-state index contributed by atoms with van der Waals surface area (Å²) in [5, 5.41) is 2.57. The number of nitrogens with two attached hydrogens (primary N) is 1. The van der Waals surface area contributed by atoms with Gasteiger partial charge in [0.15, 0.2) is 0 Å². The van der Waals surface area contributed by atoms with Crippen molar-refractivity contribution in [1.82, 2.24) is 0 Å². The van der Waals surface area contributed by atoms with Gasteiger partial charge in [-0.2, -0.15) is 0 Å². The zero-order valence-electron chi connectivity index (χ0n) is 9.33. The predicted molar refractivity (Wildman–Crippen MR) is 66.0 cm³/mol. The van der Waals surface area contributed by atoms with Crippen molar-refractivity contribution in [3.05, 3.63) is 48.0 Å². The summed E-state index contributed by atoms with van der Waals surface area (Å²) in [6.45, 7) is 5.03. The van der Waals surface area contributed by atoms with Gasteiger partial charge < -0.3 is 5.73 Å². The average molecular weight is 199 g/mol. The number of hydrogen-bond donors (Lipinski definition) is 1. The minimum atomic E-state index is 0.0596. The van der Waals surface area contributed by atoms with E-state index in [-0.39, 0.29) is 5.41 Å². The monoisotopic (exact) mass is 199 g/mol. The van der Waals surface area contributed by atoms with Crippen molar-refractivity contribution < 1.29 is 0 Å². The number of rotatable bonds is 2. The van der Waals surface area contributed by atoms with Gasteiger partial charge in [0.25, 0.3) is 0 Å². The third-order valence-corrected chi connectivity index (χ3v) is 3.04. The Balaban J connectivity index is 2.56. The lowest BCUT2D eigenvalue weighted by molar-refractivity contribution is 0.540. The molecule has 2 N–H and O–H groups in total. The summed E-state index contributed by atoms with van der Waals surface area (Å²) in [6.07, 6.45) is 0. The lowest BCUT2D eigenvalue weighted by atomic mass is 9.84. The van der Waals surface area contributed by atoms with Crippen molar-refractivity contribution in [1.29, 1.82) is 0 Å². The number of fused-ring (bicyclic) bond motifs is 1. The molecule has 1 nitrogen and oxygen atoms in total. The topological polar surface area (TPSA) is 26.0 Å². The molecule has 15 heavy (non-hydrogen) atoms. The molecule has 0 fully saturated rings. The minimum absolute atomic E-state index is 0.0596. The van der Waals surface area contributed by atoms with Crippen LogP contribution in [0.4, 0.5) is 0 Å². The second-order valence-electron chi connectivity index (χ2n) is 4.65. The Bertz CT molecular complexity index is 471. The Hall–Kier alpha value is -1.34. The second kappa shape index (κ2) is 3.67. The Morgan fingerprint density at radius 1 is 1.00 bits per heavy atom. The smallest absolute Gasteiger partial charge is 0.00193 e. The third-order valence-electron chi connectivity index (χ3n) is 3.04. The number of benzene rings is 2. The Labute approximate surface area is 90.9 Å². The van der Waals surface area contributed by atoms with Gasteiger partial charge in [0.2, 0.25) is 0 Å². The van der Waals surface area contributed by atoms with Gasteiger partial charge in [-0.15, -0.1) is 0 Å². The molecule has 0 aliphatic heterocycles. The van der Waals surface area contributed by atoms with Crippen LogP contribution in [0.2, 0.25) is 0 Å². The Morgan fingerprint density at radius 2 is 1.67 bits per heavy atom. The Kier molecular flexibility index (Phi) is 2.49. The third kappa shape index (κ3) is 1.88. The molecule has 1 heteroatoms. The lowest BCUT2D eigenvalue weighted by Crippen LogP contribution is -2.27. The second-order valence-corrected chi connectivity index (χ2v) is 4.65. The zero-order chi connectivity index (χ0) is 10.9. The van der Waals surface area contributed by atoms with Crippen LogP contribution in [0, 0.1) is 0 Å². The molecule has 0 heterocycles. The normalized spacial score (nSPS) is 11.9. The van der Waals surface area contributed by atoms with Crippen LogP contribution in [-0.4, -0.2) is 6.54 Å². The summed E-state index contributed by atoms with van der Waals surface area (Å²) >= 11 is 0. The van der Waals surface area contributed by atoms with E-state index in [4.69, 9.17) is 5.73 Å². The standard InChI is InChI=1S/C14H17N/c1-14(2,10-15)13-8-7-11-5-3-4-6-12(11)9-13/h3-9H,10,15H2,1-2H3. The van der Waals surface area contributed by atoms with Gasteiger partial charge in [-0.3, -0.25) is 0 Å². The molecule has 2 aromatic rings. The first-order valence-electron chi connectivity index (χ1n) is 5.33. The molecule has 0 aromatic heterocycles. The van der Waals surface area contributed by atoms with E-state index in [0.29, 0.717) is 6.54 Å². The lowest BCUT2D eigenvalue weighted by Gasteiger charge is -2.23. The van der Waals surface area contributed by atoms with Gasteiger partial charge >= 0.3 is 0 Å². The molecule has 0 unspecified atom stereocenters. The summed E-state index contributed by atoms with van der Waals surface area (Å²) in [5.74, 6) is 0. The number of hydrogen-bond acceptors (Lipinski definition) is 1. The first-order chi connectivity index (χ1) is 7.13. The maximum atomic E-state index is 5.78. The maximum Gasteiger partial charge on any atom is 0.00193 e. The predicted octanol–water partition coefficient (Wildman–Crippen LogP) is 3.08. The van der Waals surface area contributed by atoms with Crippen LogP contribution >= 0.6 is 0 Å². The van der Waals surface area contributed by atoms with Gasteiger partial charge in [-0.05, 0) is 16.3 Å². The van der Waals surface area contributed by atoms with Crippen molar-refractivity contribution in [2.24, 2.45) is 5.73 Å². The molecular weight excluding hydrogens is 182 g/mol. The highest BCUT2D eigenvalue weighted by molar-refractivity contribution is 5.83. The van der Waals surface area contributed by atoms with E-state index in [1.54, 1.807) is 0 Å². The maximum absolute atomic E-state index is 5.78. The molecule has 0 atom stereocenters. The molecule has 2 aromatic carbocycles. The molecular formula is C14H17N. The van der Waals surface area contributed by atoms with E-state index in [1.807, 2.05) is 0 Å². The summed E-state index contributed by atoms with van der Waals surface area (Å²) < 4.78 is 0. The molecule has 0 spiro atoms. The van der Waals surface area contributed by atoms with Crippen LogP contribution in [0.1, 0.15) is 19.4 Å². The molecule has 0 saturated carbocycles. The summed E-state index contributed by atoms with van der Waals surface area (Å²) in [6, 6.07) is 15.0. The van der Waals surface area contributed by atoms with E-state index in [2.05, 4.69) is 56.3 Å². The first kappa shape index (κ1) is 10.2. The first-order valence-corrected chi connectivity index (χ1v) is 5.33. The molecule has 0 amide bonds. The fourth-order valence-corrected chi connectivity index (χ4v) is 1.73. The molecule has 78 valence electrons. The van der Waals surface area contributed by atoms with Crippen molar-refractivity contribution in [3.63, 3.8) is 0 Å². The summed E-state index contributed by atoms with van der Waals surface area (Å²) in [7, 11) is 0. The van der Waals surface area contributed by atoms with Crippen LogP contribution in [0.3, 0.4) is 0 Å². The van der Waals surface area contributed by atoms with Crippen molar-refractivity contribution >= 4 is 10.8 Å². The summed E-state index contributed by atoms with van der Waals surface area (Å²) in [4.78, 5) is 0. The van der Waals surface area contributed by atoms with Crippen LogP contribution in [0.25, 0.3) is 10.8 Å². The van der Waals surface area contributed by atoms with Crippen LogP contribution in [0.15, 0.2) is 42.5 Å². The summed E-state index contributed by atoms with van der Waals surface area (Å²) in [5.41, 5.74) is 7.15. The van der Waals surface area contributed by atoms with Gasteiger partial charge in [-0.1, -0.05) is 56.3 Å². The van der Waals surface area contributed by atoms with Gasteiger partial charge in [0.05, 0.1) is 0 Å².